The van der Waals surface area contributed by atoms with Crippen molar-refractivity contribution < 1.29 is 14.3 Å². The standard InChI is InChI=1S/C20H30N2O3/c1-15-9-16(2)12-22(11-15)13-18-6-4-3-5-17(18)10-21-20(23)19-14-24-7-8-25-19/h3-6,15-16,19H,7-14H2,1-2H3,(H,21,23)/t15-,16-,19+/m1/s1. The zero-order chi connectivity index (χ0) is 17.6. The fraction of sp³-hybridized carbons (Fsp3) is 0.650. The molecule has 2 aliphatic heterocycles. The molecule has 5 heteroatoms. The number of hydrogen-bond donors (Lipinski definition) is 1. The van der Waals surface area contributed by atoms with E-state index in [9.17, 15) is 4.79 Å². The fourth-order valence-electron chi connectivity index (χ4n) is 3.98. The first-order valence-electron chi connectivity index (χ1n) is 9.38. The fourth-order valence-corrected chi connectivity index (χ4v) is 3.98. The van der Waals surface area contributed by atoms with Gasteiger partial charge in [-0.25, -0.2) is 0 Å². The van der Waals surface area contributed by atoms with Gasteiger partial charge in [0.25, 0.3) is 5.91 Å². The van der Waals surface area contributed by atoms with Crippen LogP contribution >= 0.6 is 0 Å². The normalized spacial score (nSPS) is 27.8. The van der Waals surface area contributed by atoms with E-state index in [2.05, 4.69) is 42.3 Å². The summed E-state index contributed by atoms with van der Waals surface area (Å²) in [5.74, 6) is 1.41. The minimum Gasteiger partial charge on any atom is -0.376 e. The molecule has 25 heavy (non-hydrogen) atoms. The van der Waals surface area contributed by atoms with E-state index in [0.29, 0.717) is 26.4 Å². The van der Waals surface area contributed by atoms with Gasteiger partial charge in [0.05, 0.1) is 19.8 Å². The third-order valence-electron chi connectivity index (χ3n) is 5.02. The van der Waals surface area contributed by atoms with E-state index < -0.39 is 6.10 Å². The Kier molecular flexibility index (Phi) is 6.45. The molecule has 138 valence electrons. The molecule has 0 aromatic heterocycles. The zero-order valence-electron chi connectivity index (χ0n) is 15.4. The highest BCUT2D eigenvalue weighted by molar-refractivity contribution is 5.81. The van der Waals surface area contributed by atoms with Gasteiger partial charge in [0.2, 0.25) is 0 Å². The molecule has 0 aliphatic carbocycles. The molecule has 1 aromatic rings. The van der Waals surface area contributed by atoms with Crippen LogP contribution in [0.5, 0.6) is 0 Å². The monoisotopic (exact) mass is 346 g/mol. The van der Waals surface area contributed by atoms with Gasteiger partial charge < -0.3 is 14.8 Å². The molecule has 2 fully saturated rings. The first kappa shape index (κ1) is 18.4. The van der Waals surface area contributed by atoms with Crippen LogP contribution in [0, 0.1) is 11.8 Å². The number of piperidine rings is 1. The van der Waals surface area contributed by atoms with Crippen LogP contribution in [-0.2, 0) is 27.4 Å². The average molecular weight is 346 g/mol. The maximum atomic E-state index is 12.2. The summed E-state index contributed by atoms with van der Waals surface area (Å²) < 4.78 is 10.8. The van der Waals surface area contributed by atoms with E-state index in [0.717, 1.165) is 31.5 Å². The second-order valence-electron chi connectivity index (χ2n) is 7.56. The van der Waals surface area contributed by atoms with Crippen LogP contribution in [0.2, 0.25) is 0 Å². The van der Waals surface area contributed by atoms with Crippen molar-refractivity contribution in [1.82, 2.24) is 10.2 Å². The molecule has 2 aliphatic rings. The Morgan fingerprint density at radius 3 is 2.56 bits per heavy atom. The van der Waals surface area contributed by atoms with E-state index in [1.165, 1.54) is 17.5 Å². The van der Waals surface area contributed by atoms with Crippen LogP contribution in [-0.4, -0.2) is 49.8 Å². The molecule has 0 bridgehead atoms. The van der Waals surface area contributed by atoms with E-state index in [4.69, 9.17) is 9.47 Å². The van der Waals surface area contributed by atoms with E-state index in [1.807, 2.05) is 6.07 Å². The molecule has 5 nitrogen and oxygen atoms in total. The van der Waals surface area contributed by atoms with Crippen molar-refractivity contribution >= 4 is 5.91 Å². The smallest absolute Gasteiger partial charge is 0.251 e. The number of ether oxygens (including phenoxy) is 2. The summed E-state index contributed by atoms with van der Waals surface area (Å²) in [7, 11) is 0. The molecule has 0 saturated carbocycles. The zero-order valence-corrected chi connectivity index (χ0v) is 15.4. The Morgan fingerprint density at radius 1 is 1.16 bits per heavy atom. The summed E-state index contributed by atoms with van der Waals surface area (Å²) in [4.78, 5) is 14.8. The van der Waals surface area contributed by atoms with Crippen molar-refractivity contribution in [3.8, 4) is 0 Å². The van der Waals surface area contributed by atoms with Gasteiger partial charge in [-0.05, 0) is 29.4 Å². The van der Waals surface area contributed by atoms with Gasteiger partial charge in [-0.15, -0.1) is 0 Å². The third-order valence-corrected chi connectivity index (χ3v) is 5.02. The Bertz CT molecular complexity index is 562. The lowest BCUT2D eigenvalue weighted by molar-refractivity contribution is -0.147. The number of carbonyl (C=O) groups excluding carboxylic acids is 1. The van der Waals surface area contributed by atoms with Gasteiger partial charge in [0.15, 0.2) is 6.10 Å². The lowest BCUT2D eigenvalue weighted by Gasteiger charge is -2.35. The summed E-state index contributed by atoms with van der Waals surface area (Å²) >= 11 is 0. The van der Waals surface area contributed by atoms with Crippen molar-refractivity contribution in [3.05, 3.63) is 35.4 Å². The molecule has 1 aromatic carbocycles. The molecule has 3 rings (SSSR count). The van der Waals surface area contributed by atoms with Crippen molar-refractivity contribution in [1.29, 1.82) is 0 Å². The Balaban J connectivity index is 1.57. The molecular weight excluding hydrogens is 316 g/mol. The Morgan fingerprint density at radius 2 is 1.88 bits per heavy atom. The van der Waals surface area contributed by atoms with E-state index >= 15 is 0 Å². The minimum atomic E-state index is -0.482. The number of nitrogens with one attached hydrogen (secondary N) is 1. The van der Waals surface area contributed by atoms with E-state index in [1.54, 1.807) is 0 Å². The maximum absolute atomic E-state index is 12.2. The first-order valence-corrected chi connectivity index (χ1v) is 9.38. The third kappa shape index (κ3) is 5.27. The molecule has 2 saturated heterocycles. The van der Waals surface area contributed by atoms with Gasteiger partial charge in [0, 0.05) is 26.2 Å². The highest BCUT2D eigenvalue weighted by Crippen LogP contribution is 2.23. The molecule has 2 heterocycles. The summed E-state index contributed by atoms with van der Waals surface area (Å²) in [5.41, 5.74) is 2.48. The SMILES string of the molecule is C[C@@H]1C[C@@H](C)CN(Cc2ccccc2CNC(=O)[C@@H]2COCCO2)C1. The van der Waals surface area contributed by atoms with Crippen LogP contribution in [0.15, 0.2) is 24.3 Å². The number of nitrogens with zero attached hydrogens (tertiary/aromatic N) is 1. The number of carbonyl (C=O) groups is 1. The topological polar surface area (TPSA) is 50.8 Å². The van der Waals surface area contributed by atoms with Gasteiger partial charge in [-0.3, -0.25) is 9.69 Å². The molecular formula is C20H30N2O3. The quantitative estimate of drug-likeness (QED) is 0.888. The van der Waals surface area contributed by atoms with Crippen LogP contribution < -0.4 is 5.32 Å². The summed E-state index contributed by atoms with van der Waals surface area (Å²) in [6, 6.07) is 8.39. The molecule has 0 radical (unpaired) electrons. The van der Waals surface area contributed by atoms with Crippen LogP contribution in [0.25, 0.3) is 0 Å². The predicted molar refractivity (Wildman–Crippen MR) is 97.1 cm³/mol. The van der Waals surface area contributed by atoms with Crippen molar-refractivity contribution in [2.24, 2.45) is 11.8 Å². The molecule has 0 spiro atoms. The summed E-state index contributed by atoms with van der Waals surface area (Å²) in [5, 5.41) is 3.00. The van der Waals surface area contributed by atoms with Gasteiger partial charge in [-0.2, -0.15) is 0 Å². The van der Waals surface area contributed by atoms with E-state index in [-0.39, 0.29) is 5.91 Å². The van der Waals surface area contributed by atoms with Gasteiger partial charge in [0.1, 0.15) is 0 Å². The second-order valence-corrected chi connectivity index (χ2v) is 7.56. The Hall–Kier alpha value is -1.43. The summed E-state index contributed by atoms with van der Waals surface area (Å²) in [6.07, 6.45) is 0.835. The van der Waals surface area contributed by atoms with Crippen molar-refractivity contribution in [3.63, 3.8) is 0 Å². The maximum Gasteiger partial charge on any atom is 0.251 e. The minimum absolute atomic E-state index is 0.0882. The highest BCUT2D eigenvalue weighted by Gasteiger charge is 2.24. The molecule has 1 N–H and O–H groups in total. The van der Waals surface area contributed by atoms with Crippen molar-refractivity contribution in [2.45, 2.75) is 39.5 Å². The van der Waals surface area contributed by atoms with Crippen LogP contribution in [0.4, 0.5) is 0 Å². The predicted octanol–water partition coefficient (Wildman–Crippen LogP) is 2.20. The number of amides is 1. The Labute approximate surface area is 150 Å². The first-order chi connectivity index (χ1) is 12.1. The van der Waals surface area contributed by atoms with Gasteiger partial charge >= 0.3 is 0 Å². The van der Waals surface area contributed by atoms with Gasteiger partial charge in [-0.1, -0.05) is 38.1 Å². The number of hydrogen-bond acceptors (Lipinski definition) is 4. The lowest BCUT2D eigenvalue weighted by atomic mass is 9.91. The van der Waals surface area contributed by atoms with Crippen LogP contribution in [0.1, 0.15) is 31.4 Å². The second kappa shape index (κ2) is 8.79. The number of rotatable bonds is 5. The molecule has 0 unspecified atom stereocenters. The molecule has 3 atom stereocenters. The number of likely N-dealkylation sites (tertiary alicyclic amines) is 1. The largest absolute Gasteiger partial charge is 0.376 e. The van der Waals surface area contributed by atoms with Crippen LogP contribution in [0.3, 0.4) is 0 Å². The number of benzene rings is 1. The summed E-state index contributed by atoms with van der Waals surface area (Å²) in [6.45, 7) is 9.85. The average Bonchev–Trinajstić information content (AvgIpc) is 2.60. The van der Waals surface area contributed by atoms with Crippen molar-refractivity contribution in [2.75, 3.05) is 32.9 Å². The molecule has 1 amide bonds. The highest BCUT2D eigenvalue weighted by atomic mass is 16.6. The lowest BCUT2D eigenvalue weighted by Crippen LogP contribution is -2.42.